The zero-order valence-corrected chi connectivity index (χ0v) is 14.3. The maximum Gasteiger partial charge on any atom is 0.343 e. The summed E-state index contributed by atoms with van der Waals surface area (Å²) in [7, 11) is 1.26. The van der Waals surface area contributed by atoms with Gasteiger partial charge in [-0.25, -0.2) is 4.79 Å². The third-order valence-electron chi connectivity index (χ3n) is 3.88. The Morgan fingerprint density at radius 1 is 1.04 bits per heavy atom. The number of carbonyl (C=O) groups is 1. The van der Waals surface area contributed by atoms with Crippen LogP contribution in [0.4, 0.5) is 0 Å². The maximum absolute atomic E-state index is 12.9. The van der Waals surface area contributed by atoms with Gasteiger partial charge in [-0.1, -0.05) is 41.5 Å². The van der Waals surface area contributed by atoms with Gasteiger partial charge in [0, 0.05) is 5.56 Å². The Kier molecular flexibility index (Phi) is 4.57. The van der Waals surface area contributed by atoms with E-state index in [4.69, 9.17) is 9.15 Å². The van der Waals surface area contributed by atoms with E-state index in [1.807, 2.05) is 44.2 Å². The zero-order valence-electron chi connectivity index (χ0n) is 14.3. The highest BCUT2D eigenvalue weighted by Gasteiger charge is 2.19. The number of esters is 1. The van der Waals surface area contributed by atoms with Crippen LogP contribution in [-0.2, 0) is 9.53 Å². The summed E-state index contributed by atoms with van der Waals surface area (Å²) in [5, 5.41) is 0.413. The molecule has 0 unspecified atom stereocenters. The Hall–Kier alpha value is -3.08. The topological polar surface area (TPSA) is 65.7 Å². The lowest BCUT2D eigenvalue weighted by Gasteiger charge is -2.11. The van der Waals surface area contributed by atoms with Crippen molar-refractivity contribution in [2.45, 2.75) is 13.8 Å². The number of ether oxygens (including phenoxy) is 2. The number of benzene rings is 2. The molecule has 0 aliphatic carbocycles. The first-order valence-corrected chi connectivity index (χ1v) is 7.83. The second-order valence-corrected chi connectivity index (χ2v) is 5.82. The highest BCUT2D eigenvalue weighted by molar-refractivity contribution is 5.83. The molecule has 0 aliphatic rings. The summed E-state index contributed by atoms with van der Waals surface area (Å²) in [5.74, 6) is -0.267. The predicted octanol–water partition coefficient (Wildman–Crippen LogP) is 3.63. The van der Waals surface area contributed by atoms with Crippen LogP contribution >= 0.6 is 0 Å². The van der Waals surface area contributed by atoms with Crippen LogP contribution in [0.2, 0.25) is 0 Å². The molecular weight excluding hydrogens is 320 g/mol. The van der Waals surface area contributed by atoms with Crippen molar-refractivity contribution in [3.63, 3.8) is 0 Å². The van der Waals surface area contributed by atoms with Gasteiger partial charge in [-0.15, -0.1) is 0 Å². The van der Waals surface area contributed by atoms with Crippen LogP contribution in [0.3, 0.4) is 0 Å². The average molecular weight is 338 g/mol. The van der Waals surface area contributed by atoms with E-state index in [-0.39, 0.29) is 17.8 Å². The van der Waals surface area contributed by atoms with Crippen molar-refractivity contribution in [2.75, 3.05) is 13.7 Å². The zero-order chi connectivity index (χ0) is 18.0. The number of hydrogen-bond donors (Lipinski definition) is 0. The minimum atomic E-state index is -0.571. The largest absolute Gasteiger partial charge is 0.474 e. The standard InChI is InChI=1S/C20H18O5/c1-12-4-7-14(8-5-12)19-20(24-11-17(21)23-3)18(22)15-10-13(2)6-9-16(15)25-19/h4-10H,11H2,1-3H3. The van der Waals surface area contributed by atoms with Gasteiger partial charge in [0.25, 0.3) is 0 Å². The lowest BCUT2D eigenvalue weighted by molar-refractivity contribution is -0.142. The SMILES string of the molecule is COC(=O)COc1c(-c2ccc(C)cc2)oc2ccc(C)cc2c1=O. The first-order valence-electron chi connectivity index (χ1n) is 7.83. The van der Waals surface area contributed by atoms with Crippen LogP contribution in [0.15, 0.2) is 51.7 Å². The van der Waals surface area contributed by atoms with Crippen molar-refractivity contribution >= 4 is 16.9 Å². The fraction of sp³-hybridized carbons (Fsp3) is 0.200. The average Bonchev–Trinajstić information content (AvgIpc) is 2.61. The van der Waals surface area contributed by atoms with Crippen molar-refractivity contribution in [1.82, 2.24) is 0 Å². The molecule has 128 valence electrons. The van der Waals surface area contributed by atoms with Crippen molar-refractivity contribution in [3.8, 4) is 17.1 Å². The van der Waals surface area contributed by atoms with E-state index in [0.717, 1.165) is 11.1 Å². The van der Waals surface area contributed by atoms with Gasteiger partial charge >= 0.3 is 5.97 Å². The molecular formula is C20H18O5. The van der Waals surface area contributed by atoms with Crippen molar-refractivity contribution in [3.05, 3.63) is 63.8 Å². The minimum Gasteiger partial charge on any atom is -0.474 e. The van der Waals surface area contributed by atoms with Crippen LogP contribution in [0.1, 0.15) is 11.1 Å². The van der Waals surface area contributed by atoms with Gasteiger partial charge < -0.3 is 13.9 Å². The molecule has 5 heteroatoms. The molecule has 3 rings (SSSR count). The normalized spacial score (nSPS) is 10.7. The minimum absolute atomic E-state index is 0.00681. The molecule has 25 heavy (non-hydrogen) atoms. The van der Waals surface area contributed by atoms with Gasteiger partial charge in [0.05, 0.1) is 12.5 Å². The van der Waals surface area contributed by atoms with Crippen LogP contribution in [0.25, 0.3) is 22.3 Å². The van der Waals surface area contributed by atoms with E-state index >= 15 is 0 Å². The highest BCUT2D eigenvalue weighted by Crippen LogP contribution is 2.31. The summed E-state index contributed by atoms with van der Waals surface area (Å²) in [5.41, 5.74) is 2.87. The molecule has 0 aliphatic heterocycles. The van der Waals surface area contributed by atoms with Crippen LogP contribution in [0.5, 0.6) is 5.75 Å². The Morgan fingerprint density at radius 3 is 2.40 bits per heavy atom. The van der Waals surface area contributed by atoms with E-state index in [9.17, 15) is 9.59 Å². The third-order valence-corrected chi connectivity index (χ3v) is 3.88. The first-order chi connectivity index (χ1) is 12.0. The van der Waals surface area contributed by atoms with Crippen LogP contribution < -0.4 is 10.2 Å². The molecule has 0 atom stereocenters. The molecule has 0 amide bonds. The summed E-state index contributed by atoms with van der Waals surface area (Å²) in [4.78, 5) is 24.3. The highest BCUT2D eigenvalue weighted by atomic mass is 16.6. The lowest BCUT2D eigenvalue weighted by atomic mass is 10.1. The molecule has 0 bridgehead atoms. The van der Waals surface area contributed by atoms with E-state index < -0.39 is 5.97 Å². The molecule has 0 fully saturated rings. The van der Waals surface area contributed by atoms with E-state index in [0.29, 0.717) is 22.3 Å². The molecule has 5 nitrogen and oxygen atoms in total. The molecule has 2 aromatic carbocycles. The molecule has 0 spiro atoms. The fourth-order valence-electron chi connectivity index (χ4n) is 2.51. The Balaban J connectivity index is 2.21. The second-order valence-electron chi connectivity index (χ2n) is 5.82. The molecule has 3 aromatic rings. The first kappa shape index (κ1) is 16.8. The van der Waals surface area contributed by atoms with E-state index in [2.05, 4.69) is 4.74 Å². The van der Waals surface area contributed by atoms with Gasteiger partial charge in [-0.3, -0.25) is 4.79 Å². The predicted molar refractivity (Wildman–Crippen MR) is 94.9 cm³/mol. The van der Waals surface area contributed by atoms with Gasteiger partial charge in [0.2, 0.25) is 11.2 Å². The van der Waals surface area contributed by atoms with Gasteiger partial charge in [0.1, 0.15) is 5.58 Å². The Bertz CT molecular complexity index is 983. The number of carbonyl (C=O) groups excluding carboxylic acids is 1. The molecule has 0 N–H and O–H groups in total. The number of aryl methyl sites for hydroxylation is 2. The Morgan fingerprint density at radius 2 is 1.72 bits per heavy atom. The monoisotopic (exact) mass is 338 g/mol. The quantitative estimate of drug-likeness (QED) is 0.680. The van der Waals surface area contributed by atoms with E-state index in [1.54, 1.807) is 12.1 Å². The van der Waals surface area contributed by atoms with Crippen LogP contribution in [0, 0.1) is 13.8 Å². The molecule has 1 aromatic heterocycles. The third kappa shape index (κ3) is 3.40. The maximum atomic E-state index is 12.9. The van der Waals surface area contributed by atoms with Crippen molar-refractivity contribution in [2.24, 2.45) is 0 Å². The van der Waals surface area contributed by atoms with Crippen molar-refractivity contribution < 1.29 is 18.7 Å². The Labute approximate surface area is 144 Å². The number of hydrogen-bond acceptors (Lipinski definition) is 5. The molecule has 0 radical (unpaired) electrons. The summed E-state index contributed by atoms with van der Waals surface area (Å²) in [6.07, 6.45) is 0. The number of methoxy groups -OCH3 is 1. The second kappa shape index (κ2) is 6.81. The fourth-order valence-corrected chi connectivity index (χ4v) is 2.51. The molecule has 0 saturated heterocycles. The molecule has 0 saturated carbocycles. The van der Waals surface area contributed by atoms with Crippen molar-refractivity contribution in [1.29, 1.82) is 0 Å². The smallest absolute Gasteiger partial charge is 0.343 e. The summed E-state index contributed by atoms with van der Waals surface area (Å²) in [6, 6.07) is 12.9. The summed E-state index contributed by atoms with van der Waals surface area (Å²) in [6.45, 7) is 3.50. The number of rotatable bonds is 4. The van der Waals surface area contributed by atoms with Crippen LogP contribution in [-0.4, -0.2) is 19.7 Å². The number of fused-ring (bicyclic) bond motifs is 1. The summed E-state index contributed by atoms with van der Waals surface area (Å²) >= 11 is 0. The van der Waals surface area contributed by atoms with Gasteiger partial charge in [-0.05, 0) is 26.0 Å². The van der Waals surface area contributed by atoms with E-state index in [1.165, 1.54) is 7.11 Å². The molecule has 1 heterocycles. The lowest BCUT2D eigenvalue weighted by Crippen LogP contribution is -2.17. The van der Waals surface area contributed by atoms with Gasteiger partial charge in [0.15, 0.2) is 12.4 Å². The van der Waals surface area contributed by atoms with Gasteiger partial charge in [-0.2, -0.15) is 0 Å². The summed E-state index contributed by atoms with van der Waals surface area (Å²) < 4.78 is 16.0.